The van der Waals surface area contributed by atoms with Gasteiger partial charge in [-0.25, -0.2) is 4.79 Å². The smallest absolute Gasteiger partial charge is 0.404 e. The lowest BCUT2D eigenvalue weighted by Crippen LogP contribution is -2.58. The van der Waals surface area contributed by atoms with E-state index in [1.54, 1.807) is 0 Å². The first-order chi connectivity index (χ1) is 14.7. The highest BCUT2D eigenvalue weighted by Crippen LogP contribution is 2.68. The second-order valence-electron chi connectivity index (χ2n) is 12.9. The Kier molecular flexibility index (Phi) is 6.73. The van der Waals surface area contributed by atoms with Gasteiger partial charge in [-0.15, -0.1) is 0 Å². The maximum atomic E-state index is 11.7. The topological polar surface area (TPSA) is 52.3 Å². The molecule has 0 heterocycles. The number of ether oxygens (including phenoxy) is 1. The van der Waals surface area contributed by atoms with Crippen LogP contribution in [-0.2, 0) is 4.74 Å². The summed E-state index contributed by atoms with van der Waals surface area (Å²) >= 11 is 0. The summed E-state index contributed by atoms with van der Waals surface area (Å²) in [5, 5.41) is 0. The summed E-state index contributed by atoms with van der Waals surface area (Å²) in [6, 6.07) is 0. The zero-order valence-electron chi connectivity index (χ0n) is 21.0. The number of amides is 1. The summed E-state index contributed by atoms with van der Waals surface area (Å²) in [5.74, 6) is 5.71. The highest BCUT2D eigenvalue weighted by Gasteiger charge is 2.62. The second kappa shape index (κ2) is 8.90. The number of hydrogen-bond donors (Lipinski definition) is 1. The van der Waals surface area contributed by atoms with Crippen LogP contribution < -0.4 is 5.73 Å². The molecule has 0 aliphatic heterocycles. The van der Waals surface area contributed by atoms with Crippen molar-refractivity contribution >= 4 is 6.09 Å². The van der Waals surface area contributed by atoms with E-state index in [0.717, 1.165) is 36.0 Å². The van der Waals surface area contributed by atoms with Gasteiger partial charge < -0.3 is 10.5 Å². The maximum Gasteiger partial charge on any atom is 0.404 e. The first kappa shape index (κ1) is 23.4. The molecular weight excluding hydrogens is 382 g/mol. The van der Waals surface area contributed by atoms with E-state index < -0.39 is 6.09 Å². The lowest BCUT2D eigenvalue weighted by Gasteiger charge is -2.62. The Morgan fingerprint density at radius 1 is 0.968 bits per heavy atom. The van der Waals surface area contributed by atoms with E-state index in [-0.39, 0.29) is 11.5 Å². The molecule has 4 rings (SSSR count). The molecule has 4 aliphatic carbocycles. The Labute approximate surface area is 191 Å². The van der Waals surface area contributed by atoms with Crippen LogP contribution in [-0.4, -0.2) is 12.2 Å². The largest absolute Gasteiger partial charge is 0.446 e. The number of carbonyl (C=O) groups excluding carboxylic acids is 1. The van der Waals surface area contributed by atoms with Gasteiger partial charge in [0.1, 0.15) is 6.10 Å². The first-order valence-electron chi connectivity index (χ1n) is 13.6. The summed E-state index contributed by atoms with van der Waals surface area (Å²) in [5.41, 5.74) is 6.19. The molecule has 0 bridgehead atoms. The van der Waals surface area contributed by atoms with Crippen molar-refractivity contribution in [2.75, 3.05) is 0 Å². The van der Waals surface area contributed by atoms with E-state index in [9.17, 15) is 4.79 Å². The molecule has 1 amide bonds. The van der Waals surface area contributed by atoms with Crippen molar-refractivity contribution in [1.29, 1.82) is 0 Å². The van der Waals surface area contributed by atoms with E-state index >= 15 is 0 Å². The van der Waals surface area contributed by atoms with Crippen molar-refractivity contribution in [2.45, 2.75) is 118 Å². The number of hydrogen-bond acceptors (Lipinski definition) is 2. The molecule has 0 radical (unpaired) electrons. The zero-order valence-corrected chi connectivity index (χ0v) is 21.0. The van der Waals surface area contributed by atoms with Gasteiger partial charge in [0.05, 0.1) is 0 Å². The third-order valence-corrected chi connectivity index (χ3v) is 11.1. The third-order valence-electron chi connectivity index (χ3n) is 11.1. The lowest BCUT2D eigenvalue weighted by molar-refractivity contribution is -0.164. The monoisotopic (exact) mass is 431 g/mol. The van der Waals surface area contributed by atoms with Gasteiger partial charge in [-0.05, 0) is 105 Å². The number of nitrogens with two attached hydrogens (primary N) is 1. The molecule has 2 N–H and O–H groups in total. The molecule has 0 saturated heterocycles. The predicted molar refractivity (Wildman–Crippen MR) is 128 cm³/mol. The van der Waals surface area contributed by atoms with Gasteiger partial charge in [0.25, 0.3) is 0 Å². The van der Waals surface area contributed by atoms with Crippen molar-refractivity contribution in [1.82, 2.24) is 0 Å². The molecule has 9 atom stereocenters. The van der Waals surface area contributed by atoms with Crippen molar-refractivity contribution in [3.05, 3.63) is 0 Å². The maximum absolute atomic E-state index is 11.7. The summed E-state index contributed by atoms with van der Waals surface area (Å²) in [4.78, 5) is 11.7. The summed E-state index contributed by atoms with van der Waals surface area (Å²) in [6.45, 7) is 12.4. The highest BCUT2D eigenvalue weighted by molar-refractivity contribution is 5.65. The van der Waals surface area contributed by atoms with Crippen LogP contribution in [0.15, 0.2) is 0 Å². The van der Waals surface area contributed by atoms with Crippen molar-refractivity contribution in [2.24, 2.45) is 58.0 Å². The number of rotatable bonds is 6. The summed E-state index contributed by atoms with van der Waals surface area (Å²) in [7, 11) is 0. The van der Waals surface area contributed by atoms with Gasteiger partial charge in [0, 0.05) is 5.41 Å². The molecule has 31 heavy (non-hydrogen) atoms. The normalized spacial score (nSPS) is 45.5. The number of fused-ring (bicyclic) bond motifs is 5. The molecule has 178 valence electrons. The Morgan fingerprint density at radius 2 is 1.74 bits per heavy atom. The van der Waals surface area contributed by atoms with Crippen molar-refractivity contribution in [3.8, 4) is 0 Å². The Balaban J connectivity index is 1.51. The second-order valence-corrected chi connectivity index (χ2v) is 12.9. The van der Waals surface area contributed by atoms with Crippen LogP contribution in [0.5, 0.6) is 0 Å². The third kappa shape index (κ3) is 4.05. The number of primary amides is 1. The van der Waals surface area contributed by atoms with Crippen LogP contribution in [0, 0.1) is 52.3 Å². The van der Waals surface area contributed by atoms with E-state index in [0.29, 0.717) is 17.3 Å². The molecule has 4 saturated carbocycles. The molecule has 0 aromatic carbocycles. The average molecular weight is 432 g/mol. The van der Waals surface area contributed by atoms with Crippen LogP contribution in [0.4, 0.5) is 4.79 Å². The van der Waals surface area contributed by atoms with E-state index in [1.807, 2.05) is 0 Å². The average Bonchev–Trinajstić information content (AvgIpc) is 3.05. The van der Waals surface area contributed by atoms with Gasteiger partial charge >= 0.3 is 6.09 Å². The molecule has 4 fully saturated rings. The fourth-order valence-corrected chi connectivity index (χ4v) is 9.64. The quantitative estimate of drug-likeness (QED) is 0.471. The van der Waals surface area contributed by atoms with Crippen LogP contribution in [0.3, 0.4) is 0 Å². The predicted octanol–water partition coefficient (Wildman–Crippen LogP) is 7.57. The summed E-state index contributed by atoms with van der Waals surface area (Å²) in [6.07, 6.45) is 15.5. The molecule has 2 unspecified atom stereocenters. The van der Waals surface area contributed by atoms with Gasteiger partial charge in [-0.3, -0.25) is 0 Å². The van der Waals surface area contributed by atoms with Gasteiger partial charge in [-0.1, -0.05) is 53.9 Å². The van der Waals surface area contributed by atoms with Crippen LogP contribution >= 0.6 is 0 Å². The van der Waals surface area contributed by atoms with Gasteiger partial charge in [0.15, 0.2) is 0 Å². The Hall–Kier alpha value is -0.730. The van der Waals surface area contributed by atoms with Gasteiger partial charge in [-0.2, -0.15) is 0 Å². The summed E-state index contributed by atoms with van der Waals surface area (Å²) < 4.78 is 5.81. The molecule has 3 nitrogen and oxygen atoms in total. The fourth-order valence-electron chi connectivity index (χ4n) is 9.64. The minimum Gasteiger partial charge on any atom is -0.446 e. The molecular formula is C28H49NO2. The van der Waals surface area contributed by atoms with Crippen molar-refractivity contribution in [3.63, 3.8) is 0 Å². The molecule has 3 heteroatoms. The van der Waals surface area contributed by atoms with Crippen LogP contribution in [0.2, 0.25) is 0 Å². The van der Waals surface area contributed by atoms with Crippen LogP contribution in [0.25, 0.3) is 0 Å². The van der Waals surface area contributed by atoms with E-state index in [4.69, 9.17) is 10.5 Å². The highest BCUT2D eigenvalue weighted by atomic mass is 16.6. The number of carbonyl (C=O) groups is 1. The van der Waals surface area contributed by atoms with Crippen LogP contribution in [0.1, 0.15) is 112 Å². The minimum atomic E-state index is -0.564. The fraction of sp³-hybridized carbons (Fsp3) is 0.964. The standard InChI is InChI=1S/C28H49NO2/c1-18(2)8-6-9-19(3)22-14-15-23-21-13-12-20-10-7-11-25(31-26(29)30)28(20,5)24(21)16-17-27(22,23)4/h18-25H,6-17H2,1-5H3,(H2,29,30)/t19-,20?,21+,22-,23+,24+,25?,27-,28+/m1/s1. The van der Waals surface area contributed by atoms with E-state index in [1.165, 1.54) is 70.6 Å². The Morgan fingerprint density at radius 3 is 2.45 bits per heavy atom. The first-order valence-corrected chi connectivity index (χ1v) is 13.6. The SMILES string of the molecule is CC(C)CCC[C@@H](C)[C@H]1CC[C@H]2[C@@H]3CCC4CCCC(OC(N)=O)[C@]4(C)[C@H]3CC[C@]12C. The lowest BCUT2D eigenvalue weighted by atomic mass is 9.44. The molecule has 0 spiro atoms. The molecule has 0 aromatic heterocycles. The zero-order chi connectivity index (χ0) is 22.4. The molecule has 0 aromatic rings. The van der Waals surface area contributed by atoms with Crippen molar-refractivity contribution < 1.29 is 9.53 Å². The molecule has 4 aliphatic rings. The minimum absolute atomic E-state index is 0.0352. The van der Waals surface area contributed by atoms with Gasteiger partial charge in [0.2, 0.25) is 0 Å². The Bertz CT molecular complexity index is 647. The van der Waals surface area contributed by atoms with E-state index in [2.05, 4.69) is 34.6 Å².